The maximum absolute atomic E-state index is 10.3. The molecular formula is C15H24N2O. The lowest BCUT2D eigenvalue weighted by atomic mass is 9.91. The van der Waals surface area contributed by atoms with Gasteiger partial charge in [-0.05, 0) is 37.9 Å². The second-order valence-corrected chi connectivity index (χ2v) is 5.46. The second kappa shape index (κ2) is 5.83. The largest absolute Gasteiger partial charge is 0.388 e. The van der Waals surface area contributed by atoms with Crippen molar-refractivity contribution in [3.8, 4) is 0 Å². The van der Waals surface area contributed by atoms with Gasteiger partial charge < -0.3 is 10.4 Å². The smallest absolute Gasteiger partial charge is 0.0795 e. The molecule has 1 aromatic rings. The Hall–Kier alpha value is -0.900. The first-order valence-corrected chi connectivity index (χ1v) is 6.77. The van der Waals surface area contributed by atoms with Crippen LogP contribution in [0.5, 0.6) is 0 Å². The zero-order valence-corrected chi connectivity index (χ0v) is 11.4. The molecule has 3 heteroatoms. The van der Waals surface area contributed by atoms with Gasteiger partial charge in [-0.15, -0.1) is 0 Å². The number of benzene rings is 1. The van der Waals surface area contributed by atoms with Gasteiger partial charge >= 0.3 is 0 Å². The molecule has 1 fully saturated rings. The van der Waals surface area contributed by atoms with Gasteiger partial charge in [0.15, 0.2) is 0 Å². The molecule has 0 atom stereocenters. The summed E-state index contributed by atoms with van der Waals surface area (Å²) in [6, 6.07) is 8.55. The summed E-state index contributed by atoms with van der Waals surface area (Å²) in [4.78, 5) is 2.44. The number of hydrogen-bond acceptors (Lipinski definition) is 3. The molecule has 0 bridgehead atoms. The molecule has 1 aromatic carbocycles. The number of nitrogens with one attached hydrogen (secondary N) is 1. The minimum atomic E-state index is -0.503. The van der Waals surface area contributed by atoms with Crippen molar-refractivity contribution < 1.29 is 5.11 Å². The lowest BCUT2D eigenvalue weighted by molar-refractivity contribution is -0.0204. The fourth-order valence-electron chi connectivity index (χ4n) is 2.66. The molecule has 0 spiro atoms. The van der Waals surface area contributed by atoms with Crippen molar-refractivity contribution in [1.29, 1.82) is 0 Å². The van der Waals surface area contributed by atoms with Crippen molar-refractivity contribution in [1.82, 2.24) is 10.2 Å². The van der Waals surface area contributed by atoms with Gasteiger partial charge in [0.25, 0.3) is 0 Å². The number of aliphatic hydroxyl groups is 1. The van der Waals surface area contributed by atoms with E-state index in [-0.39, 0.29) is 0 Å². The molecule has 100 valence electrons. The first-order chi connectivity index (χ1) is 8.63. The average molecular weight is 248 g/mol. The van der Waals surface area contributed by atoms with E-state index in [1.165, 1.54) is 11.1 Å². The summed E-state index contributed by atoms with van der Waals surface area (Å²) in [5.41, 5.74) is 2.25. The molecule has 1 aliphatic rings. The third-order valence-corrected chi connectivity index (χ3v) is 3.95. The summed E-state index contributed by atoms with van der Waals surface area (Å²) in [5.74, 6) is 0. The fraction of sp³-hybridized carbons (Fsp3) is 0.600. The summed E-state index contributed by atoms with van der Waals surface area (Å²) in [5, 5.41) is 13.4. The molecule has 0 saturated carbocycles. The van der Waals surface area contributed by atoms with Crippen LogP contribution in [0.4, 0.5) is 0 Å². The molecule has 1 aliphatic heterocycles. The Morgan fingerprint density at radius 1 is 1.28 bits per heavy atom. The number of nitrogens with zero attached hydrogens (tertiary/aromatic N) is 1. The summed E-state index contributed by atoms with van der Waals surface area (Å²) in [6.07, 6.45) is 1.72. The Bertz CT molecular complexity index is 384. The molecule has 1 saturated heterocycles. The maximum atomic E-state index is 10.3. The highest BCUT2D eigenvalue weighted by atomic mass is 16.3. The first kappa shape index (κ1) is 13.5. The van der Waals surface area contributed by atoms with E-state index in [9.17, 15) is 5.11 Å². The summed E-state index contributed by atoms with van der Waals surface area (Å²) < 4.78 is 0. The van der Waals surface area contributed by atoms with Gasteiger partial charge in [-0.2, -0.15) is 0 Å². The van der Waals surface area contributed by atoms with Gasteiger partial charge in [0.2, 0.25) is 0 Å². The number of hydrogen-bond donors (Lipinski definition) is 2. The van der Waals surface area contributed by atoms with Gasteiger partial charge in [0.05, 0.1) is 5.60 Å². The summed E-state index contributed by atoms with van der Waals surface area (Å²) in [6.45, 7) is 5.82. The lowest BCUT2D eigenvalue weighted by Gasteiger charge is -2.38. The van der Waals surface area contributed by atoms with Crippen LogP contribution in [-0.4, -0.2) is 42.3 Å². The Kier molecular flexibility index (Phi) is 4.38. The van der Waals surface area contributed by atoms with E-state index in [0.29, 0.717) is 6.54 Å². The van der Waals surface area contributed by atoms with Crippen LogP contribution in [0.25, 0.3) is 0 Å². The van der Waals surface area contributed by atoms with Crippen molar-refractivity contribution >= 4 is 0 Å². The Morgan fingerprint density at radius 2 is 1.94 bits per heavy atom. The minimum absolute atomic E-state index is 0.503. The number of likely N-dealkylation sites (N-methyl/N-ethyl adjacent to an activating group) is 1. The SMILES string of the molecule is CNCC1(O)CCN(Cc2ccccc2C)CC1. The molecule has 1 heterocycles. The maximum Gasteiger partial charge on any atom is 0.0795 e. The standard InChI is InChI=1S/C15H24N2O/c1-13-5-3-4-6-14(13)11-17-9-7-15(18,8-10-17)12-16-2/h3-6,16,18H,7-12H2,1-2H3. The van der Waals surface area contributed by atoms with Crippen molar-refractivity contribution in [2.45, 2.75) is 31.9 Å². The average Bonchev–Trinajstić information content (AvgIpc) is 2.35. The zero-order chi connectivity index (χ0) is 13.0. The van der Waals surface area contributed by atoms with Gasteiger partial charge in [-0.3, -0.25) is 4.90 Å². The van der Waals surface area contributed by atoms with Crippen molar-refractivity contribution in [3.63, 3.8) is 0 Å². The molecule has 0 radical (unpaired) electrons. The minimum Gasteiger partial charge on any atom is -0.388 e. The van der Waals surface area contributed by atoms with E-state index in [0.717, 1.165) is 32.5 Å². The number of rotatable bonds is 4. The predicted octanol–water partition coefficient (Wildman–Crippen LogP) is 1.54. The molecule has 0 amide bonds. The van der Waals surface area contributed by atoms with Crippen LogP contribution in [0.15, 0.2) is 24.3 Å². The third-order valence-electron chi connectivity index (χ3n) is 3.95. The molecule has 0 aliphatic carbocycles. The molecule has 0 aromatic heterocycles. The van der Waals surface area contributed by atoms with Crippen LogP contribution >= 0.6 is 0 Å². The molecule has 2 rings (SSSR count). The Morgan fingerprint density at radius 3 is 2.56 bits per heavy atom. The van der Waals surface area contributed by atoms with Crippen molar-refractivity contribution in [3.05, 3.63) is 35.4 Å². The molecule has 2 N–H and O–H groups in total. The zero-order valence-electron chi connectivity index (χ0n) is 11.4. The van der Waals surface area contributed by atoms with Crippen molar-refractivity contribution in [2.24, 2.45) is 0 Å². The van der Waals surface area contributed by atoms with Crippen LogP contribution in [0, 0.1) is 6.92 Å². The van der Waals surface area contributed by atoms with E-state index in [2.05, 4.69) is 41.4 Å². The molecular weight excluding hydrogens is 224 g/mol. The number of aryl methyl sites for hydroxylation is 1. The van der Waals surface area contributed by atoms with Crippen molar-refractivity contribution in [2.75, 3.05) is 26.7 Å². The van der Waals surface area contributed by atoms with Crippen LogP contribution in [0.2, 0.25) is 0 Å². The van der Waals surface area contributed by atoms with Crippen LogP contribution in [-0.2, 0) is 6.54 Å². The highest BCUT2D eigenvalue weighted by Crippen LogP contribution is 2.23. The second-order valence-electron chi connectivity index (χ2n) is 5.46. The quantitative estimate of drug-likeness (QED) is 0.848. The van der Waals surface area contributed by atoms with E-state index in [1.807, 2.05) is 7.05 Å². The predicted molar refractivity (Wildman–Crippen MR) is 74.6 cm³/mol. The van der Waals surface area contributed by atoms with E-state index in [1.54, 1.807) is 0 Å². The number of piperidine rings is 1. The summed E-state index contributed by atoms with van der Waals surface area (Å²) >= 11 is 0. The van der Waals surface area contributed by atoms with Gasteiger partial charge in [0, 0.05) is 26.2 Å². The normalized spacial score (nSPS) is 19.9. The highest BCUT2D eigenvalue weighted by Gasteiger charge is 2.31. The van der Waals surface area contributed by atoms with E-state index < -0.39 is 5.60 Å². The number of likely N-dealkylation sites (tertiary alicyclic amines) is 1. The van der Waals surface area contributed by atoms with E-state index >= 15 is 0 Å². The highest BCUT2D eigenvalue weighted by molar-refractivity contribution is 5.25. The Labute approximate surface area is 110 Å². The van der Waals surface area contributed by atoms with Crippen LogP contribution in [0.1, 0.15) is 24.0 Å². The summed E-state index contributed by atoms with van der Waals surface area (Å²) in [7, 11) is 1.90. The van der Waals surface area contributed by atoms with Crippen LogP contribution in [0.3, 0.4) is 0 Å². The molecule has 3 nitrogen and oxygen atoms in total. The first-order valence-electron chi connectivity index (χ1n) is 6.77. The van der Waals surface area contributed by atoms with E-state index in [4.69, 9.17) is 0 Å². The van der Waals surface area contributed by atoms with Gasteiger partial charge in [-0.1, -0.05) is 24.3 Å². The monoisotopic (exact) mass is 248 g/mol. The Balaban J connectivity index is 1.89. The topological polar surface area (TPSA) is 35.5 Å². The third kappa shape index (κ3) is 3.31. The lowest BCUT2D eigenvalue weighted by Crippen LogP contribution is -2.49. The van der Waals surface area contributed by atoms with Gasteiger partial charge in [-0.25, -0.2) is 0 Å². The van der Waals surface area contributed by atoms with Gasteiger partial charge in [0.1, 0.15) is 0 Å². The fourth-order valence-corrected chi connectivity index (χ4v) is 2.66. The molecule has 0 unspecified atom stereocenters. The molecule has 18 heavy (non-hydrogen) atoms. The van der Waals surface area contributed by atoms with Crippen LogP contribution < -0.4 is 5.32 Å².